The molecule has 2 unspecified atom stereocenters. The van der Waals surface area contributed by atoms with Crippen LogP contribution in [0.5, 0.6) is 0 Å². The quantitative estimate of drug-likeness (QED) is 0.207. The van der Waals surface area contributed by atoms with Crippen LogP contribution < -0.4 is 0 Å². The van der Waals surface area contributed by atoms with E-state index in [4.69, 9.17) is 9.47 Å². The van der Waals surface area contributed by atoms with Crippen molar-refractivity contribution in [1.82, 2.24) is 0 Å². The standard InChI is InChI=1S/C22H40O3/c1-4-5-6-7-8-9-10-11-12-15-18-24-20-16-13-14-17-21(20)25-22(23)19(2)3/h20-21H,2,4-18H2,1,3H3. The zero-order valence-corrected chi connectivity index (χ0v) is 16.7. The molecule has 3 heteroatoms. The van der Waals surface area contributed by atoms with Crippen LogP contribution in [0.3, 0.4) is 0 Å². The third kappa shape index (κ3) is 10.7. The molecule has 2 atom stereocenters. The SMILES string of the molecule is C=C(C)C(=O)OC1CCCCC1OCCCCCCCCCCCC. The Morgan fingerprint density at radius 3 is 1.96 bits per heavy atom. The molecule has 0 aromatic carbocycles. The van der Waals surface area contributed by atoms with Crippen LogP contribution in [0, 0.1) is 0 Å². The Labute approximate surface area is 155 Å². The number of ether oxygens (including phenoxy) is 2. The van der Waals surface area contributed by atoms with E-state index in [1.165, 1.54) is 64.2 Å². The lowest BCUT2D eigenvalue weighted by atomic mass is 9.94. The first-order chi connectivity index (χ1) is 12.1. The van der Waals surface area contributed by atoms with E-state index in [0.717, 1.165) is 32.3 Å². The molecule has 0 aliphatic heterocycles. The molecule has 0 saturated heterocycles. The summed E-state index contributed by atoms with van der Waals surface area (Å²) >= 11 is 0. The van der Waals surface area contributed by atoms with Gasteiger partial charge in [-0.15, -0.1) is 0 Å². The molecule has 3 nitrogen and oxygen atoms in total. The summed E-state index contributed by atoms with van der Waals surface area (Å²) in [5.41, 5.74) is 0.471. The van der Waals surface area contributed by atoms with Crippen molar-refractivity contribution in [3.63, 3.8) is 0 Å². The molecule has 0 N–H and O–H groups in total. The maximum Gasteiger partial charge on any atom is 0.333 e. The summed E-state index contributed by atoms with van der Waals surface area (Å²) in [5.74, 6) is -0.278. The molecule has 0 amide bonds. The van der Waals surface area contributed by atoms with Crippen molar-refractivity contribution in [2.45, 2.75) is 116 Å². The Bertz CT molecular complexity index is 364. The van der Waals surface area contributed by atoms with Gasteiger partial charge < -0.3 is 9.47 Å². The van der Waals surface area contributed by atoms with E-state index in [1.54, 1.807) is 6.92 Å². The van der Waals surface area contributed by atoms with Crippen molar-refractivity contribution in [1.29, 1.82) is 0 Å². The van der Waals surface area contributed by atoms with E-state index >= 15 is 0 Å². The van der Waals surface area contributed by atoms with Gasteiger partial charge in [-0.05, 0) is 32.6 Å². The Balaban J connectivity index is 2.03. The summed E-state index contributed by atoms with van der Waals surface area (Å²) in [4.78, 5) is 11.7. The summed E-state index contributed by atoms with van der Waals surface area (Å²) in [6.07, 6.45) is 17.6. The Morgan fingerprint density at radius 2 is 1.40 bits per heavy atom. The second-order valence-electron chi connectivity index (χ2n) is 7.60. The van der Waals surface area contributed by atoms with E-state index in [2.05, 4.69) is 13.5 Å². The highest BCUT2D eigenvalue weighted by molar-refractivity contribution is 5.87. The minimum Gasteiger partial charge on any atom is -0.456 e. The summed E-state index contributed by atoms with van der Waals surface area (Å²) in [6.45, 7) is 8.42. The molecule has 1 rings (SSSR count). The smallest absolute Gasteiger partial charge is 0.333 e. The Morgan fingerprint density at radius 1 is 0.880 bits per heavy atom. The van der Waals surface area contributed by atoms with Gasteiger partial charge >= 0.3 is 5.97 Å². The normalized spacial score (nSPS) is 20.4. The van der Waals surface area contributed by atoms with Crippen molar-refractivity contribution in [2.24, 2.45) is 0 Å². The number of esters is 1. The minimum atomic E-state index is -0.278. The zero-order valence-electron chi connectivity index (χ0n) is 16.7. The van der Waals surface area contributed by atoms with Gasteiger partial charge in [0.1, 0.15) is 6.10 Å². The van der Waals surface area contributed by atoms with Gasteiger partial charge in [-0.3, -0.25) is 0 Å². The molecule has 146 valence electrons. The van der Waals surface area contributed by atoms with Gasteiger partial charge in [0.05, 0.1) is 6.10 Å². The number of unbranched alkanes of at least 4 members (excludes halogenated alkanes) is 9. The molecule has 1 saturated carbocycles. The van der Waals surface area contributed by atoms with E-state index < -0.39 is 0 Å². The van der Waals surface area contributed by atoms with Crippen molar-refractivity contribution in [2.75, 3.05) is 6.61 Å². The molecular formula is C22H40O3. The van der Waals surface area contributed by atoms with Crippen LogP contribution >= 0.6 is 0 Å². The third-order valence-corrected chi connectivity index (χ3v) is 5.08. The second-order valence-corrected chi connectivity index (χ2v) is 7.60. The van der Waals surface area contributed by atoms with Gasteiger partial charge in [0.25, 0.3) is 0 Å². The van der Waals surface area contributed by atoms with Crippen LogP contribution in [-0.2, 0) is 14.3 Å². The van der Waals surface area contributed by atoms with Gasteiger partial charge in [-0.1, -0.05) is 77.7 Å². The molecule has 0 aromatic rings. The average Bonchev–Trinajstić information content (AvgIpc) is 2.60. The molecule has 0 radical (unpaired) electrons. The van der Waals surface area contributed by atoms with Crippen LogP contribution in [0.25, 0.3) is 0 Å². The van der Waals surface area contributed by atoms with Gasteiger partial charge in [0.2, 0.25) is 0 Å². The largest absolute Gasteiger partial charge is 0.456 e. The molecular weight excluding hydrogens is 312 g/mol. The van der Waals surface area contributed by atoms with E-state index in [1.807, 2.05) is 0 Å². The monoisotopic (exact) mass is 352 g/mol. The lowest BCUT2D eigenvalue weighted by Gasteiger charge is -2.31. The average molecular weight is 353 g/mol. The molecule has 1 aliphatic carbocycles. The van der Waals surface area contributed by atoms with E-state index in [9.17, 15) is 4.79 Å². The summed E-state index contributed by atoms with van der Waals surface area (Å²) in [7, 11) is 0. The van der Waals surface area contributed by atoms with Gasteiger partial charge in [0.15, 0.2) is 0 Å². The van der Waals surface area contributed by atoms with Crippen LogP contribution in [-0.4, -0.2) is 24.8 Å². The second kappa shape index (κ2) is 14.4. The first kappa shape index (κ1) is 22.2. The van der Waals surface area contributed by atoms with E-state index in [-0.39, 0.29) is 18.2 Å². The van der Waals surface area contributed by atoms with Crippen LogP contribution in [0.4, 0.5) is 0 Å². The summed E-state index contributed by atoms with van der Waals surface area (Å²) in [6, 6.07) is 0. The predicted molar refractivity (Wildman–Crippen MR) is 105 cm³/mol. The molecule has 0 spiro atoms. The topological polar surface area (TPSA) is 35.5 Å². The molecule has 1 aliphatic rings. The van der Waals surface area contributed by atoms with Crippen LogP contribution in [0.1, 0.15) is 104 Å². The molecule has 0 bridgehead atoms. The number of carbonyl (C=O) groups is 1. The lowest BCUT2D eigenvalue weighted by Crippen LogP contribution is -2.36. The van der Waals surface area contributed by atoms with Crippen LogP contribution in [0.15, 0.2) is 12.2 Å². The fraction of sp³-hybridized carbons (Fsp3) is 0.864. The zero-order chi connectivity index (χ0) is 18.3. The van der Waals surface area contributed by atoms with Crippen molar-refractivity contribution < 1.29 is 14.3 Å². The molecule has 0 aromatic heterocycles. The maximum atomic E-state index is 11.7. The number of hydrogen-bond donors (Lipinski definition) is 0. The number of hydrogen-bond acceptors (Lipinski definition) is 3. The fourth-order valence-electron chi connectivity index (χ4n) is 3.45. The molecule has 0 heterocycles. The highest BCUT2D eigenvalue weighted by Crippen LogP contribution is 2.25. The molecule has 25 heavy (non-hydrogen) atoms. The predicted octanol–water partition coefficient (Wildman–Crippen LogP) is 6.35. The van der Waals surface area contributed by atoms with Gasteiger partial charge in [0, 0.05) is 12.2 Å². The molecule has 1 fully saturated rings. The Kier molecular flexibility index (Phi) is 12.8. The summed E-state index contributed by atoms with van der Waals surface area (Å²) < 4.78 is 11.6. The first-order valence-corrected chi connectivity index (χ1v) is 10.6. The fourth-order valence-corrected chi connectivity index (χ4v) is 3.45. The highest BCUT2D eigenvalue weighted by Gasteiger charge is 2.29. The van der Waals surface area contributed by atoms with Crippen LogP contribution in [0.2, 0.25) is 0 Å². The van der Waals surface area contributed by atoms with E-state index in [0.29, 0.717) is 5.57 Å². The third-order valence-electron chi connectivity index (χ3n) is 5.08. The van der Waals surface area contributed by atoms with Crippen molar-refractivity contribution in [3.05, 3.63) is 12.2 Å². The first-order valence-electron chi connectivity index (χ1n) is 10.6. The van der Waals surface area contributed by atoms with Crippen molar-refractivity contribution in [3.8, 4) is 0 Å². The number of carbonyl (C=O) groups excluding carboxylic acids is 1. The minimum absolute atomic E-state index is 0.0793. The Hall–Kier alpha value is -0.830. The highest BCUT2D eigenvalue weighted by atomic mass is 16.6. The maximum absolute atomic E-state index is 11.7. The van der Waals surface area contributed by atoms with Crippen molar-refractivity contribution >= 4 is 5.97 Å². The van der Waals surface area contributed by atoms with Gasteiger partial charge in [-0.25, -0.2) is 4.79 Å². The van der Waals surface area contributed by atoms with Gasteiger partial charge in [-0.2, -0.15) is 0 Å². The number of rotatable bonds is 14. The lowest BCUT2D eigenvalue weighted by molar-refractivity contribution is -0.156. The summed E-state index contributed by atoms with van der Waals surface area (Å²) in [5, 5.41) is 0.